The van der Waals surface area contributed by atoms with Gasteiger partial charge < -0.3 is 119 Å². The summed E-state index contributed by atoms with van der Waals surface area (Å²) < 4.78 is 128. The summed E-state index contributed by atoms with van der Waals surface area (Å²) in [5, 5.41) is 9.13. The van der Waals surface area contributed by atoms with Gasteiger partial charge in [0.2, 0.25) is 23.2 Å². The second-order valence-corrected chi connectivity index (χ2v) is 47.4. The van der Waals surface area contributed by atoms with Crippen LogP contribution in [0.2, 0.25) is 0 Å². The number of ketones is 2. The molecule has 4 aliphatic rings. The third kappa shape index (κ3) is 26.5. The number of carboxylic acids is 1. The van der Waals surface area contributed by atoms with E-state index in [2.05, 4.69) is 37.2 Å². The van der Waals surface area contributed by atoms with E-state index in [4.69, 9.17) is 104 Å². The zero-order valence-electron chi connectivity index (χ0n) is 84.2. The molecule has 36 heteroatoms. The number of benzene rings is 6. The summed E-state index contributed by atoms with van der Waals surface area (Å²) >= 11 is 5.30. The third-order valence-corrected chi connectivity index (χ3v) is 22.6. The molecule has 0 unspecified atom stereocenters. The van der Waals surface area contributed by atoms with Gasteiger partial charge in [-0.2, -0.15) is 0 Å². The fraction of sp³-hybridized carbons (Fsp3) is 0.396. The monoisotopic (exact) mass is 2240 g/mol. The number of hydrogen-bond acceptors (Lipinski definition) is 28. The van der Waals surface area contributed by atoms with Crippen LogP contribution in [-0.4, -0.2) is 299 Å². The molecule has 137 heavy (non-hydrogen) atoms. The van der Waals surface area contributed by atoms with Gasteiger partial charge in [0, 0.05) is 199 Å². The number of amides is 2. The van der Waals surface area contributed by atoms with Crippen LogP contribution in [0.25, 0.3) is 16.7 Å². The van der Waals surface area contributed by atoms with Crippen LogP contribution in [0.5, 0.6) is 80.5 Å². The first-order valence-electron chi connectivity index (χ1n) is 42.8. The van der Waals surface area contributed by atoms with Gasteiger partial charge in [0.25, 0.3) is 7.11 Å². The number of carbonyl (C=O) groups is 4. The van der Waals surface area contributed by atoms with Crippen molar-refractivity contribution in [1.29, 1.82) is 0 Å². The van der Waals surface area contributed by atoms with Crippen molar-refractivity contribution in [2.45, 2.75) is 38.5 Å². The fourth-order valence-corrected chi connectivity index (χ4v) is 15.5. The number of imide groups is 1. The van der Waals surface area contributed by atoms with Crippen molar-refractivity contribution in [3.8, 4) is 80.5 Å². The standard InChI is InChI=1S/C39H51N4O9.C34H45N3O8.C28H33O9.I3/c1-40(2)24-17-28(47-6)36(29(18-24)48-7)39(37-30(49-8)19-25(41(3)4)20-31(37)50-9)38-32(51-10)21-26(22-33(38)52-11)42(5)16-12-13-27(44)23-43-34(45)14-15-35(43)46;1-35(2)21-15-24(40-6)31(25(16-21)41-7)34(32-26(42-8)17-22(36(3)4)18-27(32)43-9)33-28(44-10)19-23(20-29(33)45-11)37(5)14-12-13-30(38)39;1-29-16-10-19(32-4)25(20(11-16)33-5)28(26-21(34-6)12-17(30-2)13-22(26)35-7)27-23(36-8)14-18(31-3)15-24(27)37-9;1-3-2/h17-22H,12-16,23H2,1-11H3;15-20H,12-14H2,1-11H3;10-15H,1-9H3;/q+1;;+1;-1/p+1. The van der Waals surface area contributed by atoms with E-state index in [1.165, 1.54) is 0 Å². The summed E-state index contributed by atoms with van der Waals surface area (Å²) in [6.07, 6.45) is 12.9. The molecule has 0 radical (unpaired) electrons. The number of carbonyl (C=O) groups excluding carboxylic acids is 4. The molecule has 0 aromatic heterocycles. The molecule has 2 amide bonds. The number of ether oxygens (including phenoxy) is 20. The van der Waals surface area contributed by atoms with Gasteiger partial charge in [0.15, 0.2) is 5.78 Å². The minimum absolute atomic E-state index is 0.0691. The average Bonchev–Trinajstić information content (AvgIpc) is 0.908. The molecule has 1 aliphatic heterocycles. The van der Waals surface area contributed by atoms with Crippen molar-refractivity contribution < 1.29 is 146 Å². The van der Waals surface area contributed by atoms with E-state index in [9.17, 15) is 19.2 Å². The molecule has 1 heterocycles. The van der Waals surface area contributed by atoms with Gasteiger partial charge in [0.1, 0.15) is 149 Å². The molecule has 0 saturated carbocycles. The normalized spacial score (nSPS) is 13.4. The molecule has 10 rings (SSSR count). The number of nitrogens with zero attached hydrogens (tertiary/aromatic N) is 7. The number of carboxylic acid groups (broad SMARTS) is 1. The van der Waals surface area contributed by atoms with Crippen molar-refractivity contribution >= 4 is 117 Å². The fourth-order valence-electron chi connectivity index (χ4n) is 15.5. The molecule has 0 spiro atoms. The summed E-state index contributed by atoms with van der Waals surface area (Å²) in [6.45, 7) is 0.855. The number of anilines is 4. The van der Waals surface area contributed by atoms with Crippen LogP contribution in [0.4, 0.5) is 22.7 Å². The Kier molecular flexibility index (Phi) is 43.5. The second-order valence-electron chi connectivity index (χ2n) is 31.2. The Morgan fingerprint density at radius 3 is 0.854 bits per heavy atom. The number of aliphatic carboxylic acids is 1. The molecule has 0 bridgehead atoms. The Hall–Kier alpha value is -12.3. The maximum atomic E-state index is 12.7. The van der Waals surface area contributed by atoms with Gasteiger partial charge in [-0.15, -0.1) is 0 Å². The van der Waals surface area contributed by atoms with E-state index < -0.39 is 5.97 Å². The van der Waals surface area contributed by atoms with E-state index in [-0.39, 0.29) is 49.8 Å². The molecule has 1 saturated heterocycles. The Bertz CT molecular complexity index is 5490. The topological polar surface area (TPSA) is 307 Å². The van der Waals surface area contributed by atoms with E-state index in [1.807, 2.05) is 172 Å². The van der Waals surface area contributed by atoms with Crippen LogP contribution >= 0.6 is 37.2 Å². The van der Waals surface area contributed by atoms with Gasteiger partial charge in [0.05, 0.1) is 224 Å². The Balaban J connectivity index is 0.000000279. The SMILES string of the molecule is COC1=CC(=[N+](C)C)C=C(OC)C1=C(c1c(OC)cc(N(C)C)cc1OC)c1c(OC)cc(N(C)CCCC(=O)CN2C(=O)CCC2=O)cc1OC.COC1=CC(=[N+](C)C)C=C(OC)C1=C(c1c(OC)cc(N(C)C)cc1OC)c1c(OC)cc(N(C)CCCC(=O)O)cc1OC.COC1=CC(=[O+]C)C(=C(c2c(OC)cc(OC)cc2OC)c2c(OC)cc(OC)cc2OC)C(OC)=C1.I[I-]I. The maximum absolute atomic E-state index is 12.7. The average molecular weight is 2240 g/mol. The summed E-state index contributed by atoms with van der Waals surface area (Å²) in [6, 6.07) is 22.4. The predicted octanol–water partition coefficient (Wildman–Crippen LogP) is 12.1. The first-order chi connectivity index (χ1) is 65.6. The number of Topliss-reactive ketones (excluding diaryl/α,β-unsaturated/α-hetero) is 1. The number of methoxy groups -OCH3 is 20. The van der Waals surface area contributed by atoms with Crippen molar-refractivity contribution in [1.82, 2.24) is 4.90 Å². The molecule has 6 aromatic carbocycles. The van der Waals surface area contributed by atoms with Crippen molar-refractivity contribution in [2.24, 2.45) is 0 Å². The van der Waals surface area contributed by atoms with Gasteiger partial charge >= 0.3 is 62.2 Å². The van der Waals surface area contributed by atoms with Crippen molar-refractivity contribution in [3.63, 3.8) is 0 Å². The Labute approximate surface area is 833 Å². The van der Waals surface area contributed by atoms with Gasteiger partial charge in [-0.25, -0.2) is 9.15 Å². The summed E-state index contributed by atoms with van der Waals surface area (Å²) in [7, 11) is 52.8. The van der Waals surface area contributed by atoms with E-state index in [1.54, 1.807) is 186 Å². The zero-order chi connectivity index (χ0) is 102. The number of rotatable bonds is 40. The van der Waals surface area contributed by atoms with Crippen LogP contribution in [0.3, 0.4) is 0 Å². The van der Waals surface area contributed by atoms with E-state index in [0.29, 0.717) is 227 Å². The zero-order valence-corrected chi connectivity index (χ0v) is 90.6. The molecular formula is C101H130I3N7O26+2. The Morgan fingerprint density at radius 2 is 0.620 bits per heavy atom. The number of halogens is 3. The molecule has 3 aliphatic carbocycles. The van der Waals surface area contributed by atoms with Crippen LogP contribution in [-0.2, 0) is 52.0 Å². The summed E-state index contributed by atoms with van der Waals surface area (Å²) in [5.41, 5.74) is 12.4. The molecule has 1 N–H and O–H groups in total. The van der Waals surface area contributed by atoms with Gasteiger partial charge in [-0.1, -0.05) is 0 Å². The first-order valence-corrected chi connectivity index (χ1v) is 55.4. The van der Waals surface area contributed by atoms with E-state index >= 15 is 0 Å². The Morgan fingerprint density at radius 1 is 0.365 bits per heavy atom. The summed E-state index contributed by atoms with van der Waals surface area (Å²) in [5.74, 6) is 9.27. The number of hydrogen-bond donors (Lipinski definition) is 1. The molecule has 1 fully saturated rings. The van der Waals surface area contributed by atoms with Gasteiger partial charge in [-0.05, 0) is 12.8 Å². The molecule has 6 aromatic rings. The van der Waals surface area contributed by atoms with E-state index in [0.717, 1.165) is 39.1 Å². The van der Waals surface area contributed by atoms with Crippen LogP contribution < -0.4 is 99.2 Å². The third-order valence-electron chi connectivity index (χ3n) is 22.6. The molecule has 33 nitrogen and oxygen atoms in total. The molecule has 744 valence electrons. The molecule has 0 atom stereocenters. The second kappa shape index (κ2) is 53.4. The van der Waals surface area contributed by atoms with Crippen LogP contribution in [0.1, 0.15) is 71.9 Å². The summed E-state index contributed by atoms with van der Waals surface area (Å²) in [4.78, 5) is 56.7. The number of allylic oxidation sites excluding steroid dienone is 7. The predicted molar refractivity (Wildman–Crippen MR) is 544 cm³/mol. The van der Waals surface area contributed by atoms with Crippen molar-refractivity contribution in [3.05, 3.63) is 194 Å². The van der Waals surface area contributed by atoms with Crippen LogP contribution in [0, 0.1) is 0 Å². The molecular weight excluding hydrogens is 2110 g/mol. The first kappa shape index (κ1) is 112. The van der Waals surface area contributed by atoms with Crippen molar-refractivity contribution in [2.75, 3.05) is 259 Å². The quantitative estimate of drug-likeness (QED) is 0.0123. The number of likely N-dealkylation sites (tertiary alicyclic amines) is 1. The minimum atomic E-state index is -0.834. The van der Waals surface area contributed by atoms with Crippen LogP contribution in [0.15, 0.2) is 161 Å². The van der Waals surface area contributed by atoms with Gasteiger partial charge in [-0.3, -0.25) is 28.5 Å².